The largest absolute Gasteiger partial charge is 0.497 e. The summed E-state index contributed by atoms with van der Waals surface area (Å²) in [4.78, 5) is 11.5. The quantitative estimate of drug-likeness (QED) is 0.649. The number of rotatable bonds is 4. The van der Waals surface area contributed by atoms with Gasteiger partial charge in [0.05, 0.1) is 24.3 Å². The first-order chi connectivity index (χ1) is 7.42. The Morgan fingerprint density at radius 2 is 1.88 bits per heavy atom. The minimum atomic E-state index is -3.28. The number of amides is 1. The fourth-order valence-electron chi connectivity index (χ4n) is 0.915. The van der Waals surface area contributed by atoms with Crippen LogP contribution >= 0.6 is 11.0 Å². The molecule has 1 amide bonds. The van der Waals surface area contributed by atoms with Gasteiger partial charge in [-0.3, -0.25) is 9.52 Å². The Morgan fingerprint density at radius 1 is 1.31 bits per heavy atom. The zero-order valence-electron chi connectivity index (χ0n) is 8.76. The molecule has 0 aliphatic carbocycles. The second-order valence-corrected chi connectivity index (χ2v) is 7.04. The number of ether oxygens (including phenoxy) is 1. The lowest BCUT2D eigenvalue weighted by Gasteiger charge is -2.03. The van der Waals surface area contributed by atoms with E-state index in [1.165, 1.54) is 7.11 Å². The topological polar surface area (TPSA) is 72.5 Å². The van der Waals surface area contributed by atoms with Crippen molar-refractivity contribution in [3.05, 3.63) is 29.8 Å². The molecule has 0 bridgehead atoms. The minimum absolute atomic E-state index is 0.372. The van der Waals surface area contributed by atoms with Gasteiger partial charge in [-0.25, -0.2) is 8.42 Å². The van der Waals surface area contributed by atoms with Crippen molar-refractivity contribution < 1.29 is 17.9 Å². The average molecular weight is 264 g/mol. The monoisotopic (exact) mass is 264 g/mol. The molecule has 0 atom stereocenters. The maximum atomic E-state index is 11.5. The molecule has 0 aliphatic heterocycles. The van der Waals surface area contributed by atoms with Crippen molar-refractivity contribution in [3.8, 4) is 5.75 Å². The van der Waals surface area contributed by atoms with Gasteiger partial charge in [0.1, 0.15) is 5.75 Å². The van der Waals surface area contributed by atoms with Crippen LogP contribution in [0.25, 0.3) is 0 Å². The van der Waals surface area contributed by atoms with Gasteiger partial charge in [-0.2, -0.15) is 0 Å². The molecule has 0 saturated carbocycles. The van der Waals surface area contributed by atoms with E-state index in [1.54, 1.807) is 24.3 Å². The first-order valence-electron chi connectivity index (χ1n) is 4.25. The number of benzene rings is 1. The molecule has 0 fully saturated rings. The van der Waals surface area contributed by atoms with Crippen LogP contribution in [0.1, 0.15) is 10.4 Å². The van der Waals surface area contributed by atoms with Crippen molar-refractivity contribution in [1.29, 1.82) is 0 Å². The molecule has 0 heterocycles. The molecule has 1 aromatic rings. The third-order valence-corrected chi connectivity index (χ3v) is 3.37. The maximum absolute atomic E-state index is 11.5. The van der Waals surface area contributed by atoms with Crippen molar-refractivity contribution in [1.82, 2.24) is 4.72 Å². The van der Waals surface area contributed by atoms with E-state index >= 15 is 0 Å². The second-order valence-electron chi connectivity index (χ2n) is 2.95. The summed E-state index contributed by atoms with van der Waals surface area (Å²) in [7, 11) is -1.37. The van der Waals surface area contributed by atoms with Crippen molar-refractivity contribution in [3.63, 3.8) is 0 Å². The first-order valence-corrected chi connectivity index (χ1v) is 7.47. The normalized spacial score (nSPS) is 10.9. The van der Waals surface area contributed by atoms with E-state index in [0.29, 0.717) is 22.3 Å². The van der Waals surface area contributed by atoms with E-state index < -0.39 is 14.8 Å². The molecule has 5 nitrogen and oxygen atoms in total. The predicted molar refractivity (Wildman–Crippen MR) is 62.9 cm³/mol. The van der Waals surface area contributed by atoms with Gasteiger partial charge in [-0.1, -0.05) is 0 Å². The van der Waals surface area contributed by atoms with Crippen molar-refractivity contribution >= 4 is 25.8 Å². The van der Waals surface area contributed by atoms with E-state index in [-0.39, 0.29) is 0 Å². The van der Waals surface area contributed by atoms with E-state index in [9.17, 15) is 13.2 Å². The van der Waals surface area contributed by atoms with Gasteiger partial charge in [0.25, 0.3) is 5.91 Å². The van der Waals surface area contributed by atoms with Crippen LogP contribution in [0.4, 0.5) is 0 Å². The van der Waals surface area contributed by atoms with E-state index in [2.05, 4.69) is 4.72 Å². The van der Waals surface area contributed by atoms with Crippen LogP contribution in [0.3, 0.4) is 0 Å². The smallest absolute Gasteiger partial charge is 0.261 e. The lowest BCUT2D eigenvalue weighted by atomic mass is 10.2. The molecular weight excluding hydrogens is 253 g/mol. The molecule has 0 unspecified atom stereocenters. The fourth-order valence-corrected chi connectivity index (χ4v) is 1.94. The molecule has 1 aromatic carbocycles. The van der Waals surface area contributed by atoms with Gasteiger partial charge >= 0.3 is 0 Å². The van der Waals surface area contributed by atoms with Crippen molar-refractivity contribution in [2.24, 2.45) is 0 Å². The molecule has 7 heteroatoms. The standard InChI is InChI=1S/C9H11NO4S2/c1-14-8-5-3-7(4-6-8)9(11)10-15-16(2,12)13/h3-6H,1-2H3,(H,10,11)/i15+3. The highest BCUT2D eigenvalue weighted by atomic mass is 35.3. The Bertz CT molecular complexity index is 467. The summed E-state index contributed by atoms with van der Waals surface area (Å²) in [6, 6.07) is 6.36. The molecule has 1 rings (SSSR count). The number of hydrogen-bond acceptors (Lipinski definition) is 5. The lowest BCUT2D eigenvalue weighted by Crippen LogP contribution is -2.17. The third kappa shape index (κ3) is 4.11. The van der Waals surface area contributed by atoms with Gasteiger partial charge in [0.2, 0.25) is 8.87 Å². The van der Waals surface area contributed by atoms with Crippen LogP contribution in [0.15, 0.2) is 24.3 Å². The second kappa shape index (κ2) is 5.22. The van der Waals surface area contributed by atoms with Crippen molar-refractivity contribution in [2.75, 3.05) is 13.4 Å². The summed E-state index contributed by atoms with van der Waals surface area (Å²) in [5, 5.41) is 0. The maximum Gasteiger partial charge on any atom is 0.261 e. The minimum Gasteiger partial charge on any atom is -0.497 e. The van der Waals surface area contributed by atoms with Gasteiger partial charge in [-0.05, 0) is 24.3 Å². The van der Waals surface area contributed by atoms with Gasteiger partial charge < -0.3 is 4.74 Å². The van der Waals surface area contributed by atoms with Crippen molar-refractivity contribution in [2.45, 2.75) is 0 Å². The SMILES string of the molecule is COc1ccc(C(=O)N[35S]S(C)(=O)=O)cc1. The Morgan fingerprint density at radius 3 is 2.31 bits per heavy atom. The van der Waals surface area contributed by atoms with E-state index in [4.69, 9.17) is 4.74 Å². The number of carbonyl (C=O) groups excluding carboxylic acids is 1. The molecule has 88 valence electrons. The number of carbonyl (C=O) groups is 1. The summed E-state index contributed by atoms with van der Waals surface area (Å²) in [5.41, 5.74) is 0.372. The number of nitrogens with one attached hydrogen (secondary N) is 1. The Labute approximate surface area is 97.6 Å². The summed E-state index contributed by atoms with van der Waals surface area (Å²) >= 11 is 0. The number of methoxy groups -OCH3 is 1. The molecule has 16 heavy (non-hydrogen) atoms. The van der Waals surface area contributed by atoms with E-state index in [1.807, 2.05) is 0 Å². The highest BCUT2D eigenvalue weighted by Gasteiger charge is 2.09. The summed E-state index contributed by atoms with van der Waals surface area (Å²) in [6.45, 7) is 0. The van der Waals surface area contributed by atoms with Gasteiger partial charge in [0, 0.05) is 5.56 Å². The molecule has 0 radical (unpaired) electrons. The molecule has 0 aromatic heterocycles. The highest BCUT2D eigenvalue weighted by Crippen LogP contribution is 2.12. The Balaban J connectivity index is 2.66. The third-order valence-electron chi connectivity index (χ3n) is 1.64. The number of hydrogen-bond donors (Lipinski definition) is 1. The summed E-state index contributed by atoms with van der Waals surface area (Å²) in [6.07, 6.45) is 1.02. The zero-order chi connectivity index (χ0) is 12.2. The van der Waals surface area contributed by atoms with Crippen LogP contribution in [-0.4, -0.2) is 27.7 Å². The lowest BCUT2D eigenvalue weighted by molar-refractivity contribution is 0.0984. The average Bonchev–Trinajstić information content (AvgIpc) is 2.25. The molecular formula is C9H11NO4S2. The van der Waals surface area contributed by atoms with E-state index in [0.717, 1.165) is 6.26 Å². The highest BCUT2D eigenvalue weighted by molar-refractivity contribution is 8.71. The molecule has 0 aliphatic rings. The Kier molecular flexibility index (Phi) is 4.19. The first kappa shape index (κ1) is 12.9. The Hall–Kier alpha value is -1.21. The summed E-state index contributed by atoms with van der Waals surface area (Å²) < 4.78 is 28.7. The van der Waals surface area contributed by atoms with Crippen LogP contribution in [0.5, 0.6) is 5.75 Å². The fraction of sp³-hybridized carbons (Fsp3) is 0.222. The summed E-state index contributed by atoms with van der Waals surface area (Å²) in [5.74, 6) is 0.172. The molecule has 1 N–H and O–H groups in total. The van der Waals surface area contributed by atoms with Crippen LogP contribution in [-0.2, 0) is 8.87 Å². The zero-order valence-corrected chi connectivity index (χ0v) is 10.4. The van der Waals surface area contributed by atoms with Gasteiger partial charge in [-0.15, -0.1) is 0 Å². The van der Waals surface area contributed by atoms with Crippen LogP contribution < -0.4 is 9.46 Å². The van der Waals surface area contributed by atoms with Gasteiger partial charge in [0.15, 0.2) is 0 Å². The predicted octanol–water partition coefficient (Wildman–Crippen LogP) is 1.03. The molecule has 0 spiro atoms. The molecule has 0 saturated heterocycles. The van der Waals surface area contributed by atoms with Crippen LogP contribution in [0, 0.1) is 0 Å². The van der Waals surface area contributed by atoms with Crippen LogP contribution in [0.2, 0.25) is 0 Å².